The highest BCUT2D eigenvalue weighted by atomic mass is 16.5. The van der Waals surface area contributed by atoms with E-state index in [1.807, 2.05) is 0 Å². The summed E-state index contributed by atoms with van der Waals surface area (Å²) in [6.07, 6.45) is 3.91. The molecule has 0 bridgehead atoms. The Morgan fingerprint density at radius 3 is 2.69 bits per heavy atom. The Hall–Kier alpha value is -0.570. The molecule has 0 aromatic rings. The second kappa shape index (κ2) is 6.24. The van der Waals surface area contributed by atoms with Crippen LogP contribution in [0.2, 0.25) is 0 Å². The average Bonchev–Trinajstić information content (AvgIpc) is 2.17. The minimum Gasteiger partial charge on any atom is -0.462 e. The van der Waals surface area contributed by atoms with E-state index in [0.717, 1.165) is 6.42 Å². The molecule has 3 unspecified atom stereocenters. The molecule has 0 spiro atoms. The van der Waals surface area contributed by atoms with Gasteiger partial charge in [0.2, 0.25) is 0 Å². The van der Waals surface area contributed by atoms with Crippen LogP contribution in [0.1, 0.15) is 46.5 Å². The molecule has 3 atom stereocenters. The van der Waals surface area contributed by atoms with Crippen LogP contribution in [0.3, 0.4) is 0 Å². The van der Waals surface area contributed by atoms with Crippen molar-refractivity contribution >= 4 is 5.97 Å². The van der Waals surface area contributed by atoms with Gasteiger partial charge in [-0.1, -0.05) is 27.2 Å². The molecule has 0 saturated heterocycles. The second-order valence-corrected chi connectivity index (χ2v) is 5.39. The number of hydrogen-bond donors (Lipinski definition) is 1. The Morgan fingerprint density at radius 2 is 2.12 bits per heavy atom. The zero-order chi connectivity index (χ0) is 12.1. The van der Waals surface area contributed by atoms with Gasteiger partial charge in [-0.3, -0.25) is 4.79 Å². The van der Waals surface area contributed by atoms with E-state index < -0.39 is 0 Å². The highest BCUT2D eigenvalue weighted by Crippen LogP contribution is 2.35. The first kappa shape index (κ1) is 13.5. The van der Waals surface area contributed by atoms with Gasteiger partial charge in [-0.2, -0.15) is 0 Å². The molecule has 1 aliphatic rings. The lowest BCUT2D eigenvalue weighted by atomic mass is 9.75. The minimum absolute atomic E-state index is 0.114. The van der Waals surface area contributed by atoms with E-state index in [9.17, 15) is 4.79 Å². The zero-order valence-electron chi connectivity index (χ0n) is 10.7. The molecular weight excluding hydrogens is 202 g/mol. The number of ether oxygens (including phenoxy) is 1. The molecule has 0 heterocycles. The summed E-state index contributed by atoms with van der Waals surface area (Å²) in [6, 6.07) is 0. The molecule has 0 radical (unpaired) electrons. The van der Waals surface area contributed by atoms with Gasteiger partial charge < -0.3 is 10.5 Å². The van der Waals surface area contributed by atoms with Crippen molar-refractivity contribution in [2.24, 2.45) is 23.5 Å². The molecule has 1 fully saturated rings. The number of carbonyl (C=O) groups is 1. The molecule has 16 heavy (non-hydrogen) atoms. The van der Waals surface area contributed by atoms with Crippen LogP contribution < -0.4 is 5.73 Å². The number of carbonyl (C=O) groups excluding carboxylic acids is 1. The Balaban J connectivity index is 2.54. The van der Waals surface area contributed by atoms with E-state index in [4.69, 9.17) is 10.5 Å². The zero-order valence-corrected chi connectivity index (χ0v) is 10.7. The molecular formula is C13H25NO2. The summed E-state index contributed by atoms with van der Waals surface area (Å²) in [5.41, 5.74) is 5.36. The predicted octanol–water partition coefficient (Wildman–Crippen LogP) is 2.34. The maximum Gasteiger partial charge on any atom is 0.307 e. The van der Waals surface area contributed by atoms with Gasteiger partial charge >= 0.3 is 5.97 Å². The summed E-state index contributed by atoms with van der Waals surface area (Å²) in [6.45, 7) is 7.04. The molecule has 3 heteroatoms. The van der Waals surface area contributed by atoms with E-state index in [0.29, 0.717) is 30.7 Å². The van der Waals surface area contributed by atoms with Gasteiger partial charge in [0.15, 0.2) is 0 Å². The maximum absolute atomic E-state index is 11.5. The smallest absolute Gasteiger partial charge is 0.307 e. The van der Waals surface area contributed by atoms with Gasteiger partial charge in [-0.25, -0.2) is 0 Å². The van der Waals surface area contributed by atoms with Crippen molar-refractivity contribution in [2.45, 2.75) is 52.6 Å². The maximum atomic E-state index is 11.5. The second-order valence-electron chi connectivity index (χ2n) is 5.39. The van der Waals surface area contributed by atoms with Crippen molar-refractivity contribution < 1.29 is 9.53 Å². The fraction of sp³-hybridized carbons (Fsp3) is 0.923. The van der Waals surface area contributed by atoms with Gasteiger partial charge in [0.05, 0.1) is 6.42 Å². The summed E-state index contributed by atoms with van der Waals surface area (Å²) in [4.78, 5) is 11.5. The fourth-order valence-corrected chi connectivity index (χ4v) is 2.60. The highest BCUT2D eigenvalue weighted by molar-refractivity contribution is 5.69. The monoisotopic (exact) mass is 227 g/mol. The standard InChI is InChI=1S/C13H25NO2/c1-9(2)11-5-4-10(3)8-12(11)16-13(15)6-7-14/h9-12H,4-8,14H2,1-3H3. The van der Waals surface area contributed by atoms with E-state index >= 15 is 0 Å². The largest absolute Gasteiger partial charge is 0.462 e. The topological polar surface area (TPSA) is 52.3 Å². The molecule has 1 saturated carbocycles. The molecule has 94 valence electrons. The molecule has 0 aromatic carbocycles. The Bertz CT molecular complexity index is 228. The number of hydrogen-bond acceptors (Lipinski definition) is 3. The van der Waals surface area contributed by atoms with Gasteiger partial charge in [-0.05, 0) is 30.6 Å². The lowest BCUT2D eigenvalue weighted by molar-refractivity contribution is -0.155. The van der Waals surface area contributed by atoms with Crippen LogP contribution in [0.5, 0.6) is 0 Å². The van der Waals surface area contributed by atoms with Crippen LogP contribution in [0.25, 0.3) is 0 Å². The lowest BCUT2D eigenvalue weighted by Crippen LogP contribution is -2.36. The van der Waals surface area contributed by atoms with Crippen molar-refractivity contribution in [3.63, 3.8) is 0 Å². The Labute approximate surface area is 98.7 Å². The summed E-state index contributed by atoms with van der Waals surface area (Å²) in [5.74, 6) is 1.65. The molecule has 0 aromatic heterocycles. The van der Waals surface area contributed by atoms with Crippen molar-refractivity contribution in [3.05, 3.63) is 0 Å². The third kappa shape index (κ3) is 3.78. The lowest BCUT2D eigenvalue weighted by Gasteiger charge is -2.36. The molecule has 2 N–H and O–H groups in total. The summed E-state index contributed by atoms with van der Waals surface area (Å²) >= 11 is 0. The van der Waals surface area contributed by atoms with Gasteiger partial charge in [0.1, 0.15) is 6.10 Å². The van der Waals surface area contributed by atoms with Crippen LogP contribution in [-0.4, -0.2) is 18.6 Å². The van der Waals surface area contributed by atoms with Gasteiger partial charge in [-0.15, -0.1) is 0 Å². The molecule has 1 rings (SSSR count). The number of rotatable bonds is 4. The van der Waals surface area contributed by atoms with Crippen LogP contribution in [0.4, 0.5) is 0 Å². The normalized spacial score (nSPS) is 30.4. The molecule has 0 aliphatic heterocycles. The fourth-order valence-electron chi connectivity index (χ4n) is 2.60. The van der Waals surface area contributed by atoms with Crippen LogP contribution >= 0.6 is 0 Å². The molecule has 3 nitrogen and oxygen atoms in total. The first-order chi connectivity index (χ1) is 7.54. The average molecular weight is 227 g/mol. The Morgan fingerprint density at radius 1 is 1.44 bits per heavy atom. The summed E-state index contributed by atoms with van der Waals surface area (Å²) < 4.78 is 5.56. The molecule has 0 amide bonds. The van der Waals surface area contributed by atoms with Crippen LogP contribution in [-0.2, 0) is 9.53 Å². The van der Waals surface area contributed by atoms with Gasteiger partial charge in [0.25, 0.3) is 0 Å². The third-order valence-corrected chi connectivity index (χ3v) is 3.59. The SMILES string of the molecule is CC1CCC(C(C)C)C(OC(=O)CCN)C1. The van der Waals surface area contributed by atoms with E-state index in [2.05, 4.69) is 20.8 Å². The first-order valence-corrected chi connectivity index (χ1v) is 6.44. The predicted molar refractivity (Wildman–Crippen MR) is 64.9 cm³/mol. The third-order valence-electron chi connectivity index (χ3n) is 3.59. The van der Waals surface area contributed by atoms with Crippen LogP contribution in [0, 0.1) is 17.8 Å². The highest BCUT2D eigenvalue weighted by Gasteiger charge is 2.33. The van der Waals surface area contributed by atoms with E-state index in [-0.39, 0.29) is 12.1 Å². The molecule has 1 aliphatic carbocycles. The van der Waals surface area contributed by atoms with Crippen molar-refractivity contribution in [2.75, 3.05) is 6.54 Å². The van der Waals surface area contributed by atoms with Crippen molar-refractivity contribution in [1.82, 2.24) is 0 Å². The summed E-state index contributed by atoms with van der Waals surface area (Å²) in [7, 11) is 0. The first-order valence-electron chi connectivity index (χ1n) is 6.44. The van der Waals surface area contributed by atoms with Crippen LogP contribution in [0.15, 0.2) is 0 Å². The quantitative estimate of drug-likeness (QED) is 0.750. The Kier molecular flexibility index (Phi) is 5.26. The number of esters is 1. The van der Waals surface area contributed by atoms with E-state index in [1.54, 1.807) is 0 Å². The van der Waals surface area contributed by atoms with E-state index in [1.165, 1.54) is 12.8 Å². The van der Waals surface area contributed by atoms with Crippen molar-refractivity contribution in [3.8, 4) is 0 Å². The van der Waals surface area contributed by atoms with Gasteiger partial charge in [0, 0.05) is 6.54 Å². The number of nitrogens with two attached hydrogens (primary N) is 1. The summed E-state index contributed by atoms with van der Waals surface area (Å²) in [5, 5.41) is 0. The van der Waals surface area contributed by atoms with Crippen molar-refractivity contribution in [1.29, 1.82) is 0 Å². The minimum atomic E-state index is -0.132.